The fourth-order valence-electron chi connectivity index (χ4n) is 3.69. The smallest absolute Gasteiger partial charge is 0.369 e. The van der Waals surface area contributed by atoms with Crippen molar-refractivity contribution in [3.8, 4) is 0 Å². The summed E-state index contributed by atoms with van der Waals surface area (Å²) in [5.41, 5.74) is 3.20. The van der Waals surface area contributed by atoms with Gasteiger partial charge >= 0.3 is 6.30 Å². The second-order valence-corrected chi connectivity index (χ2v) is 9.78. The molecule has 0 spiro atoms. The van der Waals surface area contributed by atoms with Crippen molar-refractivity contribution in [2.45, 2.75) is 36.3 Å². The molecule has 2 aromatic rings. The predicted molar refractivity (Wildman–Crippen MR) is 117 cm³/mol. The van der Waals surface area contributed by atoms with E-state index in [9.17, 15) is 26.4 Å². The Bertz CT molecular complexity index is 1090. The number of rotatable bonds is 8. The first-order valence-electron chi connectivity index (χ1n) is 10.3. The number of hydrogen-bond acceptors (Lipinski definition) is 7. The van der Waals surface area contributed by atoms with Crippen LogP contribution >= 0.6 is 0 Å². The van der Waals surface area contributed by atoms with Crippen molar-refractivity contribution in [2.75, 3.05) is 29.9 Å². The van der Waals surface area contributed by atoms with Crippen LogP contribution in [-0.2, 0) is 16.4 Å². The van der Waals surface area contributed by atoms with Gasteiger partial charge in [-0.1, -0.05) is 12.1 Å². The van der Waals surface area contributed by atoms with E-state index in [1.807, 2.05) is 17.3 Å². The van der Waals surface area contributed by atoms with Gasteiger partial charge in [-0.3, -0.25) is 10.1 Å². The fraction of sp³-hybridized carbons (Fsp3) is 0.381. The van der Waals surface area contributed by atoms with Crippen molar-refractivity contribution in [1.82, 2.24) is 10.8 Å². The van der Waals surface area contributed by atoms with Crippen molar-refractivity contribution in [3.63, 3.8) is 0 Å². The van der Waals surface area contributed by atoms with Crippen LogP contribution in [0.4, 0.5) is 24.5 Å². The van der Waals surface area contributed by atoms with Gasteiger partial charge in [-0.2, -0.15) is 13.2 Å². The Kier molecular flexibility index (Phi) is 7.50. The molecular weight excluding hydrogens is 461 g/mol. The highest BCUT2D eigenvalue weighted by molar-refractivity contribution is 7.92. The van der Waals surface area contributed by atoms with Gasteiger partial charge in [-0.25, -0.2) is 13.9 Å². The summed E-state index contributed by atoms with van der Waals surface area (Å²) in [5.74, 6) is -0.435. The molecule has 2 aromatic carbocycles. The third-order valence-electron chi connectivity index (χ3n) is 5.38. The highest BCUT2D eigenvalue weighted by atomic mass is 32.2. The fourth-order valence-corrected chi connectivity index (χ4v) is 5.59. The number of nitrogens with zero attached hydrogens (tertiary/aromatic N) is 1. The lowest BCUT2D eigenvalue weighted by atomic mass is 10.1. The first kappa shape index (κ1) is 24.8. The van der Waals surface area contributed by atoms with Crippen LogP contribution in [0.5, 0.6) is 0 Å². The molecule has 0 aromatic heterocycles. The molecule has 0 bridgehead atoms. The van der Waals surface area contributed by atoms with Crippen molar-refractivity contribution in [2.24, 2.45) is 0 Å². The minimum Gasteiger partial charge on any atom is -0.369 e. The Morgan fingerprint density at radius 3 is 2.48 bits per heavy atom. The maximum Gasteiger partial charge on any atom is 0.482 e. The van der Waals surface area contributed by atoms with E-state index in [4.69, 9.17) is 5.21 Å². The van der Waals surface area contributed by atoms with E-state index in [1.54, 1.807) is 0 Å². The highest BCUT2D eigenvalue weighted by Gasteiger charge is 2.37. The summed E-state index contributed by atoms with van der Waals surface area (Å²) >= 11 is 0. The lowest BCUT2D eigenvalue weighted by Gasteiger charge is -2.35. The van der Waals surface area contributed by atoms with E-state index in [1.165, 1.54) is 47.8 Å². The van der Waals surface area contributed by atoms with Crippen LogP contribution < -0.4 is 21.0 Å². The van der Waals surface area contributed by atoms with Crippen LogP contribution in [0.15, 0.2) is 47.4 Å². The first-order chi connectivity index (χ1) is 15.5. The molecule has 12 heteroatoms. The number of hydroxylamine groups is 1. The molecule has 33 heavy (non-hydrogen) atoms. The van der Waals surface area contributed by atoms with Crippen molar-refractivity contribution < 1.29 is 31.6 Å². The molecule has 4 N–H and O–H groups in total. The largest absolute Gasteiger partial charge is 0.482 e. The summed E-state index contributed by atoms with van der Waals surface area (Å²) in [5, 5.41) is 12.2. The molecule has 1 heterocycles. The number of halogens is 3. The average Bonchev–Trinajstić information content (AvgIpc) is 2.76. The Hall–Kier alpha value is -2.83. The molecule has 180 valence electrons. The normalized spacial score (nSPS) is 17.4. The van der Waals surface area contributed by atoms with Crippen LogP contribution in [0, 0.1) is 0 Å². The van der Waals surface area contributed by atoms with Gasteiger partial charge < -0.3 is 15.4 Å². The number of anilines is 2. The Morgan fingerprint density at radius 1 is 1.18 bits per heavy atom. The van der Waals surface area contributed by atoms with Gasteiger partial charge in [-0.05, 0) is 49.2 Å². The topological polar surface area (TPSA) is 111 Å². The lowest BCUT2D eigenvalue weighted by Crippen LogP contribution is -2.43. The summed E-state index contributed by atoms with van der Waals surface area (Å²) in [6, 6.07) is 9.84. The van der Waals surface area contributed by atoms with Gasteiger partial charge in [0.15, 0.2) is 9.84 Å². The second-order valence-electron chi connectivity index (χ2n) is 7.59. The zero-order chi connectivity index (χ0) is 24.2. The minimum absolute atomic E-state index is 0.0915. The summed E-state index contributed by atoms with van der Waals surface area (Å²) in [6.07, 6.45) is -4.29. The number of sulfone groups is 1. The summed E-state index contributed by atoms with van der Waals surface area (Å²) in [7, 11) is -3.62. The second kappa shape index (κ2) is 9.98. The molecule has 0 saturated heterocycles. The monoisotopic (exact) mass is 486 g/mol. The van der Waals surface area contributed by atoms with E-state index in [2.05, 4.69) is 5.32 Å². The number of fused-ring (bicyclic) bond motifs is 1. The maximum absolute atomic E-state index is 13.0. The van der Waals surface area contributed by atoms with E-state index < -0.39 is 27.3 Å². The number of amides is 1. The third kappa shape index (κ3) is 5.95. The standard InChI is InChI=1S/C21H25F3N4O4S/c1-2-28-13-17(9-10-26-30)33(31,32)19-8-5-15(11-18(19)28)20(29)25-12-14-3-6-16(7-4-14)27-21(22,23)24/h3-8,11,17,26-27,30H,2,9-10,12-13H2,1H3,(H,25,29). The number of benzene rings is 2. The number of alkyl halides is 3. The summed E-state index contributed by atoms with van der Waals surface area (Å²) in [4.78, 5) is 14.7. The Balaban J connectivity index is 1.73. The molecule has 0 fully saturated rings. The Morgan fingerprint density at radius 2 is 1.88 bits per heavy atom. The molecule has 0 radical (unpaired) electrons. The zero-order valence-corrected chi connectivity index (χ0v) is 18.6. The summed E-state index contributed by atoms with van der Waals surface area (Å²) in [6.45, 7) is 2.90. The van der Waals surface area contributed by atoms with Gasteiger partial charge in [0.1, 0.15) is 0 Å². The SMILES string of the molecule is CCN1CC(CCNO)S(=O)(=O)c2ccc(C(=O)NCc3ccc(NC(F)(F)F)cc3)cc21. The molecule has 1 atom stereocenters. The first-order valence-corrected chi connectivity index (χ1v) is 11.8. The van der Waals surface area contributed by atoms with Gasteiger partial charge in [0.25, 0.3) is 5.91 Å². The molecule has 3 rings (SSSR count). The minimum atomic E-state index is -4.53. The molecule has 8 nitrogen and oxygen atoms in total. The van der Waals surface area contributed by atoms with Crippen molar-refractivity contribution in [1.29, 1.82) is 0 Å². The van der Waals surface area contributed by atoms with E-state index in [0.717, 1.165) is 0 Å². The van der Waals surface area contributed by atoms with Gasteiger partial charge in [0.2, 0.25) is 0 Å². The quantitative estimate of drug-likeness (QED) is 0.335. The Labute approximate surface area is 189 Å². The van der Waals surface area contributed by atoms with Crippen LogP contribution in [-0.4, -0.2) is 50.7 Å². The molecule has 0 saturated carbocycles. The molecular formula is C21H25F3N4O4S. The van der Waals surface area contributed by atoms with Crippen LogP contribution in [0.1, 0.15) is 29.3 Å². The lowest BCUT2D eigenvalue weighted by molar-refractivity contribution is -0.0999. The van der Waals surface area contributed by atoms with Gasteiger partial charge in [0.05, 0.1) is 15.8 Å². The van der Waals surface area contributed by atoms with Crippen molar-refractivity contribution in [3.05, 3.63) is 53.6 Å². The number of nitrogens with one attached hydrogen (secondary N) is 3. The van der Waals surface area contributed by atoms with E-state index in [0.29, 0.717) is 17.8 Å². The van der Waals surface area contributed by atoms with Crippen LogP contribution in [0.3, 0.4) is 0 Å². The highest BCUT2D eigenvalue weighted by Crippen LogP contribution is 2.35. The molecule has 1 aliphatic rings. The van der Waals surface area contributed by atoms with Crippen LogP contribution in [0.2, 0.25) is 0 Å². The third-order valence-corrected chi connectivity index (χ3v) is 7.60. The van der Waals surface area contributed by atoms with E-state index in [-0.39, 0.29) is 42.2 Å². The predicted octanol–water partition coefficient (Wildman–Crippen LogP) is 2.90. The summed E-state index contributed by atoms with van der Waals surface area (Å²) < 4.78 is 63.0. The molecule has 1 unspecified atom stereocenters. The van der Waals surface area contributed by atoms with E-state index >= 15 is 0 Å². The molecule has 0 aliphatic carbocycles. The maximum atomic E-state index is 13.0. The average molecular weight is 487 g/mol. The van der Waals surface area contributed by atoms with Crippen LogP contribution in [0.25, 0.3) is 0 Å². The van der Waals surface area contributed by atoms with Crippen molar-refractivity contribution >= 4 is 27.1 Å². The zero-order valence-electron chi connectivity index (χ0n) is 17.8. The number of hydrogen-bond donors (Lipinski definition) is 4. The van der Waals surface area contributed by atoms with Gasteiger partial charge in [0, 0.05) is 37.4 Å². The molecule has 1 amide bonds. The van der Waals surface area contributed by atoms with Gasteiger partial charge in [-0.15, -0.1) is 0 Å². The number of carbonyl (C=O) groups is 1. The molecule has 1 aliphatic heterocycles. The number of carbonyl (C=O) groups excluding carboxylic acids is 1.